The van der Waals surface area contributed by atoms with Crippen LogP contribution < -0.4 is 15.5 Å². The molecule has 2 aromatic rings. The number of alkyl halides is 1. The summed E-state index contributed by atoms with van der Waals surface area (Å²) >= 11 is 5.58. The van der Waals surface area contributed by atoms with E-state index in [9.17, 15) is 9.59 Å². The normalized spacial score (nSPS) is 15.8. The number of halogens is 1. The van der Waals surface area contributed by atoms with Crippen LogP contribution in [0, 0.1) is 0 Å². The van der Waals surface area contributed by atoms with Crippen LogP contribution in [0.5, 0.6) is 0 Å². The third-order valence-corrected chi connectivity index (χ3v) is 5.27. The van der Waals surface area contributed by atoms with Gasteiger partial charge in [-0.3, -0.25) is 9.59 Å². The molecule has 1 saturated carbocycles. The van der Waals surface area contributed by atoms with Crippen LogP contribution in [-0.4, -0.2) is 30.3 Å². The van der Waals surface area contributed by atoms with Crippen LogP contribution in [-0.2, 0) is 17.8 Å². The number of amides is 2. The van der Waals surface area contributed by atoms with Crippen LogP contribution in [0.1, 0.15) is 34.3 Å². The summed E-state index contributed by atoms with van der Waals surface area (Å²) in [5.41, 5.74) is 4.73. The highest BCUT2D eigenvalue weighted by Crippen LogP contribution is 2.30. The monoisotopic (exact) mass is 383 g/mol. The molecule has 4 rings (SSSR count). The van der Waals surface area contributed by atoms with Crippen molar-refractivity contribution in [1.82, 2.24) is 5.32 Å². The molecule has 0 aromatic heterocycles. The fourth-order valence-corrected chi connectivity index (χ4v) is 3.52. The number of hydrogen-bond acceptors (Lipinski definition) is 3. The van der Waals surface area contributed by atoms with Crippen LogP contribution in [0.4, 0.5) is 11.4 Å². The quantitative estimate of drug-likeness (QED) is 0.778. The highest BCUT2D eigenvalue weighted by atomic mass is 35.5. The Morgan fingerprint density at radius 1 is 1.11 bits per heavy atom. The van der Waals surface area contributed by atoms with Crippen molar-refractivity contribution in [2.75, 3.05) is 22.6 Å². The summed E-state index contributed by atoms with van der Waals surface area (Å²) in [6.07, 6.45) is 3.01. The Balaban J connectivity index is 1.64. The van der Waals surface area contributed by atoms with Gasteiger partial charge in [-0.2, -0.15) is 0 Å². The van der Waals surface area contributed by atoms with Crippen molar-refractivity contribution in [2.24, 2.45) is 0 Å². The first-order valence-electron chi connectivity index (χ1n) is 9.26. The lowest BCUT2D eigenvalue weighted by molar-refractivity contribution is -0.113. The lowest BCUT2D eigenvalue weighted by Gasteiger charge is -2.32. The Morgan fingerprint density at radius 2 is 1.89 bits per heavy atom. The molecule has 5 nitrogen and oxygen atoms in total. The van der Waals surface area contributed by atoms with Gasteiger partial charge in [0.05, 0.1) is 5.56 Å². The van der Waals surface area contributed by atoms with E-state index in [-0.39, 0.29) is 23.7 Å². The Kier molecular flexibility index (Phi) is 5.03. The van der Waals surface area contributed by atoms with E-state index in [1.54, 1.807) is 6.07 Å². The van der Waals surface area contributed by atoms with Gasteiger partial charge in [-0.1, -0.05) is 24.3 Å². The number of nitrogens with zero attached hydrogens (tertiary/aromatic N) is 1. The summed E-state index contributed by atoms with van der Waals surface area (Å²) in [4.78, 5) is 26.7. The van der Waals surface area contributed by atoms with Gasteiger partial charge in [0.25, 0.3) is 5.91 Å². The van der Waals surface area contributed by atoms with Crippen molar-refractivity contribution in [3.05, 3.63) is 59.2 Å². The molecule has 1 fully saturated rings. The molecule has 0 unspecified atom stereocenters. The summed E-state index contributed by atoms with van der Waals surface area (Å²) in [5, 5.41) is 5.79. The number of benzene rings is 2. The minimum atomic E-state index is -0.287. The first-order chi connectivity index (χ1) is 13.1. The fraction of sp³-hybridized carbons (Fsp3) is 0.333. The molecule has 0 bridgehead atoms. The largest absolute Gasteiger partial charge is 0.366 e. The van der Waals surface area contributed by atoms with Gasteiger partial charge in [0, 0.05) is 30.5 Å². The molecule has 1 heterocycles. The number of hydrogen-bond donors (Lipinski definition) is 2. The standard InChI is InChI=1S/C21H22ClN3O2/c22-12-20(26)23-17-7-8-19(18(11-17)21(27)24-16-5-6-16)25-10-9-14-3-1-2-4-15(14)13-25/h1-4,7-8,11,16H,5-6,9-10,12-13H2,(H,23,26)(H,24,27). The molecule has 27 heavy (non-hydrogen) atoms. The first-order valence-corrected chi connectivity index (χ1v) is 9.80. The van der Waals surface area contributed by atoms with Crippen LogP contribution in [0.15, 0.2) is 42.5 Å². The molecule has 2 aliphatic rings. The fourth-order valence-electron chi connectivity index (χ4n) is 3.46. The van der Waals surface area contributed by atoms with Gasteiger partial charge in [0.15, 0.2) is 0 Å². The van der Waals surface area contributed by atoms with E-state index in [1.165, 1.54) is 11.1 Å². The number of carbonyl (C=O) groups excluding carboxylic acids is 2. The Bertz CT molecular complexity index is 879. The molecule has 2 N–H and O–H groups in total. The molecule has 1 aliphatic heterocycles. The van der Waals surface area contributed by atoms with Crippen molar-refractivity contribution in [2.45, 2.75) is 31.8 Å². The van der Waals surface area contributed by atoms with Crippen molar-refractivity contribution in [3.63, 3.8) is 0 Å². The second kappa shape index (κ2) is 7.61. The molecule has 6 heteroatoms. The van der Waals surface area contributed by atoms with E-state index >= 15 is 0 Å². The van der Waals surface area contributed by atoms with E-state index in [0.29, 0.717) is 11.3 Å². The van der Waals surface area contributed by atoms with Crippen molar-refractivity contribution < 1.29 is 9.59 Å². The number of carbonyl (C=O) groups is 2. The highest BCUT2D eigenvalue weighted by molar-refractivity contribution is 6.29. The minimum Gasteiger partial charge on any atom is -0.366 e. The molecule has 1 aliphatic carbocycles. The zero-order valence-corrected chi connectivity index (χ0v) is 15.8. The minimum absolute atomic E-state index is 0.0895. The Hall–Kier alpha value is -2.53. The highest BCUT2D eigenvalue weighted by Gasteiger charge is 2.27. The van der Waals surface area contributed by atoms with Crippen molar-refractivity contribution in [1.29, 1.82) is 0 Å². The van der Waals surface area contributed by atoms with E-state index in [4.69, 9.17) is 11.6 Å². The van der Waals surface area contributed by atoms with Crippen LogP contribution in [0.25, 0.3) is 0 Å². The van der Waals surface area contributed by atoms with E-state index < -0.39 is 0 Å². The first kappa shape index (κ1) is 17.9. The summed E-state index contributed by atoms with van der Waals surface area (Å²) in [7, 11) is 0. The number of anilines is 2. The Labute approximate surface area is 163 Å². The summed E-state index contributed by atoms with van der Waals surface area (Å²) in [6, 6.07) is 14.2. The summed E-state index contributed by atoms with van der Waals surface area (Å²) < 4.78 is 0. The molecule has 2 amide bonds. The molecule has 140 valence electrons. The van der Waals surface area contributed by atoms with Gasteiger partial charge in [0.2, 0.25) is 5.91 Å². The van der Waals surface area contributed by atoms with Gasteiger partial charge in [-0.05, 0) is 48.6 Å². The number of nitrogens with one attached hydrogen (secondary N) is 2. The number of rotatable bonds is 5. The summed E-state index contributed by atoms with van der Waals surface area (Å²) in [6.45, 7) is 1.63. The van der Waals surface area contributed by atoms with E-state index in [1.807, 2.05) is 18.2 Å². The van der Waals surface area contributed by atoms with E-state index in [2.05, 4.69) is 33.7 Å². The maximum Gasteiger partial charge on any atom is 0.253 e. The molecule has 0 radical (unpaired) electrons. The molecular formula is C21H22ClN3O2. The molecule has 0 saturated heterocycles. The maximum absolute atomic E-state index is 12.8. The van der Waals surface area contributed by atoms with Crippen LogP contribution >= 0.6 is 11.6 Å². The van der Waals surface area contributed by atoms with Gasteiger partial charge < -0.3 is 15.5 Å². The van der Waals surface area contributed by atoms with Gasteiger partial charge in [-0.15, -0.1) is 11.6 Å². The molecule has 0 spiro atoms. The van der Waals surface area contributed by atoms with Gasteiger partial charge in [0.1, 0.15) is 5.88 Å². The van der Waals surface area contributed by atoms with Crippen LogP contribution in [0.3, 0.4) is 0 Å². The van der Waals surface area contributed by atoms with Gasteiger partial charge in [-0.25, -0.2) is 0 Å². The topological polar surface area (TPSA) is 61.4 Å². The summed E-state index contributed by atoms with van der Waals surface area (Å²) in [5.74, 6) is -0.493. The SMILES string of the molecule is O=C(CCl)Nc1ccc(N2CCc3ccccc3C2)c(C(=O)NC2CC2)c1. The second-order valence-electron chi connectivity index (χ2n) is 7.10. The third-order valence-electron chi connectivity index (χ3n) is 5.03. The average Bonchev–Trinajstić information content (AvgIpc) is 3.51. The molecule has 2 aromatic carbocycles. The third kappa shape index (κ3) is 4.08. The Morgan fingerprint density at radius 3 is 2.63 bits per heavy atom. The van der Waals surface area contributed by atoms with Crippen LogP contribution in [0.2, 0.25) is 0 Å². The van der Waals surface area contributed by atoms with Crippen molar-refractivity contribution >= 4 is 34.8 Å². The predicted molar refractivity (Wildman–Crippen MR) is 107 cm³/mol. The smallest absolute Gasteiger partial charge is 0.253 e. The van der Waals surface area contributed by atoms with E-state index in [0.717, 1.165) is 38.0 Å². The lowest BCUT2D eigenvalue weighted by atomic mass is 9.98. The zero-order valence-electron chi connectivity index (χ0n) is 15.0. The van der Waals surface area contributed by atoms with Crippen molar-refractivity contribution in [3.8, 4) is 0 Å². The van der Waals surface area contributed by atoms with Gasteiger partial charge >= 0.3 is 0 Å². The predicted octanol–water partition coefficient (Wildman–Crippen LogP) is 3.32. The zero-order chi connectivity index (χ0) is 18.8. The second-order valence-corrected chi connectivity index (χ2v) is 7.37. The number of fused-ring (bicyclic) bond motifs is 1. The molecular weight excluding hydrogens is 362 g/mol. The maximum atomic E-state index is 12.8. The average molecular weight is 384 g/mol. The lowest BCUT2D eigenvalue weighted by Crippen LogP contribution is -2.33. The molecule has 0 atom stereocenters.